The van der Waals surface area contributed by atoms with Gasteiger partial charge in [-0.3, -0.25) is 4.79 Å². The number of carbonyl (C=O) groups excluding carboxylic acids is 1. The summed E-state index contributed by atoms with van der Waals surface area (Å²) < 4.78 is 138. The highest BCUT2D eigenvalue weighted by Crippen LogP contribution is 2.39. The molecular weight excluding hydrogens is 568 g/mol. The van der Waals surface area contributed by atoms with Crippen molar-refractivity contribution >= 4 is 5.91 Å². The summed E-state index contributed by atoms with van der Waals surface area (Å²) in [7, 11) is 0. The molecule has 4 rings (SSSR count). The van der Waals surface area contributed by atoms with Gasteiger partial charge in [0.2, 0.25) is 0 Å². The van der Waals surface area contributed by atoms with E-state index >= 15 is 0 Å². The van der Waals surface area contributed by atoms with Crippen LogP contribution >= 0.6 is 0 Å². The molecule has 0 aliphatic heterocycles. The summed E-state index contributed by atoms with van der Waals surface area (Å²) in [6.07, 6.45) is -10.8. The maximum Gasteiger partial charge on any atom is 0.419 e. The summed E-state index contributed by atoms with van der Waals surface area (Å²) in [6, 6.07) is 12.3. The van der Waals surface area contributed by atoms with Crippen LogP contribution < -0.4 is 5.32 Å². The van der Waals surface area contributed by atoms with Crippen molar-refractivity contribution in [2.45, 2.75) is 24.3 Å². The van der Waals surface area contributed by atoms with E-state index in [9.17, 15) is 48.7 Å². The number of halogens is 10. The number of hydrogen-bond acceptors (Lipinski definition) is 1. The summed E-state index contributed by atoms with van der Waals surface area (Å²) in [5.41, 5.74) is -6.96. The van der Waals surface area contributed by atoms with Gasteiger partial charge in [-0.05, 0) is 65.2 Å². The Morgan fingerprint density at radius 1 is 0.610 bits per heavy atom. The third-order valence-electron chi connectivity index (χ3n) is 6.30. The molecule has 0 heterocycles. The van der Waals surface area contributed by atoms with Gasteiger partial charge in [-0.15, -0.1) is 0 Å². The third kappa shape index (κ3) is 6.36. The van der Waals surface area contributed by atoms with Crippen molar-refractivity contribution in [3.8, 4) is 0 Å². The lowest BCUT2D eigenvalue weighted by molar-refractivity contribution is -0.140. The van der Waals surface area contributed by atoms with Crippen LogP contribution in [0.2, 0.25) is 0 Å². The first-order chi connectivity index (χ1) is 19.1. The van der Waals surface area contributed by atoms with E-state index in [4.69, 9.17) is 0 Å². The van der Waals surface area contributed by atoms with Crippen molar-refractivity contribution in [2.24, 2.45) is 0 Å². The topological polar surface area (TPSA) is 29.1 Å². The van der Waals surface area contributed by atoms with Gasteiger partial charge in [-0.25, -0.2) is 17.6 Å². The average molecular weight is 585 g/mol. The maximum atomic E-state index is 14.7. The minimum atomic E-state index is -5.20. The monoisotopic (exact) mass is 585 g/mol. The highest BCUT2D eigenvalue weighted by molar-refractivity contribution is 5.95. The molecule has 0 radical (unpaired) electrons. The summed E-state index contributed by atoms with van der Waals surface area (Å²) in [5.74, 6) is -7.26. The zero-order valence-electron chi connectivity index (χ0n) is 20.5. The molecule has 0 saturated heterocycles. The lowest BCUT2D eigenvalue weighted by atomic mass is 9.77. The van der Waals surface area contributed by atoms with E-state index in [0.29, 0.717) is 42.0 Å². The fourth-order valence-electron chi connectivity index (χ4n) is 4.37. The normalized spacial score (nSPS) is 13.5. The third-order valence-corrected chi connectivity index (χ3v) is 6.30. The molecule has 41 heavy (non-hydrogen) atoms. The van der Waals surface area contributed by atoms with Gasteiger partial charge in [-0.2, -0.15) is 26.3 Å². The molecule has 1 atom stereocenters. The fourth-order valence-corrected chi connectivity index (χ4v) is 4.37. The lowest BCUT2D eigenvalue weighted by Gasteiger charge is -2.37. The van der Waals surface area contributed by atoms with Crippen LogP contribution in [0.1, 0.15) is 38.2 Å². The SMILES string of the molecule is O=C(NC(Cc1ccccc1)(c1cc(F)cc(C(F)(F)F)c1)c1ccc(F)c(F)c1)c1ccc(F)c(C(F)(F)F)c1. The number of amides is 1. The Bertz CT molecular complexity index is 1580. The van der Waals surface area contributed by atoms with E-state index in [2.05, 4.69) is 5.32 Å². The number of hydrogen-bond donors (Lipinski definition) is 1. The molecule has 2 nitrogen and oxygen atoms in total. The van der Waals surface area contributed by atoms with E-state index in [-0.39, 0.29) is 17.7 Å². The number of benzene rings is 4. The molecular formula is C29H17F10NO. The Morgan fingerprint density at radius 2 is 1.24 bits per heavy atom. The van der Waals surface area contributed by atoms with Crippen LogP contribution in [0.25, 0.3) is 0 Å². The molecule has 1 unspecified atom stereocenters. The van der Waals surface area contributed by atoms with Gasteiger partial charge in [0.1, 0.15) is 11.6 Å². The summed E-state index contributed by atoms with van der Waals surface area (Å²) >= 11 is 0. The zero-order chi connectivity index (χ0) is 30.2. The van der Waals surface area contributed by atoms with Gasteiger partial charge in [0.25, 0.3) is 5.91 Å². The second kappa shape index (κ2) is 10.9. The standard InChI is InChI=1S/C29H17F10NO/c30-21-12-19(11-20(13-21)28(34,35)36)27(15-16-4-2-1-3-5-16,18-7-9-24(32)25(33)14-18)40-26(41)17-6-8-23(31)22(10-17)29(37,38)39/h1-14H,15H2,(H,40,41). The van der Waals surface area contributed by atoms with Crippen LogP contribution in [0.15, 0.2) is 84.9 Å². The molecule has 0 aliphatic rings. The fraction of sp³-hybridized carbons (Fsp3) is 0.138. The van der Waals surface area contributed by atoms with Gasteiger partial charge in [0.15, 0.2) is 11.6 Å². The number of nitrogens with one attached hydrogen (secondary N) is 1. The number of rotatable bonds is 6. The zero-order valence-corrected chi connectivity index (χ0v) is 20.5. The molecule has 4 aromatic carbocycles. The molecule has 214 valence electrons. The Kier molecular flexibility index (Phi) is 7.88. The van der Waals surface area contributed by atoms with Crippen molar-refractivity contribution in [2.75, 3.05) is 0 Å². The van der Waals surface area contributed by atoms with Crippen LogP contribution in [0, 0.1) is 23.3 Å². The maximum absolute atomic E-state index is 14.7. The van der Waals surface area contributed by atoms with E-state index in [1.807, 2.05) is 0 Å². The van der Waals surface area contributed by atoms with Gasteiger partial charge in [0.05, 0.1) is 16.7 Å². The Labute approximate surface area is 226 Å². The highest BCUT2D eigenvalue weighted by Gasteiger charge is 2.41. The Balaban J connectivity index is 2.01. The van der Waals surface area contributed by atoms with Crippen molar-refractivity contribution in [3.63, 3.8) is 0 Å². The van der Waals surface area contributed by atoms with E-state index in [1.165, 1.54) is 24.3 Å². The van der Waals surface area contributed by atoms with Crippen molar-refractivity contribution < 1.29 is 48.7 Å². The minimum Gasteiger partial charge on any atom is -0.338 e. The van der Waals surface area contributed by atoms with Gasteiger partial charge >= 0.3 is 12.4 Å². The largest absolute Gasteiger partial charge is 0.419 e. The number of carbonyl (C=O) groups is 1. The average Bonchev–Trinajstić information content (AvgIpc) is 2.89. The molecule has 0 bridgehead atoms. The first-order valence-corrected chi connectivity index (χ1v) is 11.7. The Hall–Kier alpha value is -4.35. The first-order valence-electron chi connectivity index (χ1n) is 11.7. The molecule has 0 aliphatic carbocycles. The van der Waals surface area contributed by atoms with Crippen molar-refractivity contribution in [3.05, 3.63) is 142 Å². The lowest BCUT2D eigenvalue weighted by Crippen LogP contribution is -2.49. The molecule has 0 spiro atoms. The highest BCUT2D eigenvalue weighted by atomic mass is 19.4. The summed E-state index contributed by atoms with van der Waals surface area (Å²) in [5, 5.41) is 2.33. The van der Waals surface area contributed by atoms with E-state index < -0.39 is 75.7 Å². The smallest absolute Gasteiger partial charge is 0.338 e. The van der Waals surface area contributed by atoms with Crippen LogP contribution in [0.5, 0.6) is 0 Å². The minimum absolute atomic E-state index is 0.180. The number of alkyl halides is 6. The van der Waals surface area contributed by atoms with Crippen LogP contribution in [0.4, 0.5) is 43.9 Å². The predicted octanol–water partition coefficient (Wildman–Crippen LogP) is 8.20. The van der Waals surface area contributed by atoms with E-state index in [1.54, 1.807) is 6.07 Å². The molecule has 1 N–H and O–H groups in total. The summed E-state index contributed by atoms with van der Waals surface area (Å²) in [4.78, 5) is 13.4. The Morgan fingerprint density at radius 3 is 1.85 bits per heavy atom. The van der Waals surface area contributed by atoms with E-state index in [0.717, 1.165) is 6.07 Å². The molecule has 0 fully saturated rings. The van der Waals surface area contributed by atoms with Gasteiger partial charge < -0.3 is 5.32 Å². The quantitative estimate of drug-likeness (QED) is 0.227. The van der Waals surface area contributed by atoms with Crippen LogP contribution in [0.3, 0.4) is 0 Å². The molecule has 1 amide bonds. The van der Waals surface area contributed by atoms with Crippen molar-refractivity contribution in [1.29, 1.82) is 0 Å². The molecule has 0 saturated carbocycles. The second-order valence-electron chi connectivity index (χ2n) is 9.07. The first kappa shape index (κ1) is 29.6. The predicted molar refractivity (Wildman–Crippen MR) is 128 cm³/mol. The molecule has 4 aromatic rings. The van der Waals surface area contributed by atoms with Crippen LogP contribution in [-0.4, -0.2) is 5.91 Å². The van der Waals surface area contributed by atoms with Gasteiger partial charge in [0, 0.05) is 12.0 Å². The molecule has 12 heteroatoms. The van der Waals surface area contributed by atoms with Crippen LogP contribution in [-0.2, 0) is 24.3 Å². The molecule has 0 aromatic heterocycles. The van der Waals surface area contributed by atoms with Gasteiger partial charge in [-0.1, -0.05) is 36.4 Å². The summed E-state index contributed by atoms with van der Waals surface area (Å²) in [6.45, 7) is 0. The second-order valence-corrected chi connectivity index (χ2v) is 9.07. The van der Waals surface area contributed by atoms with Crippen molar-refractivity contribution in [1.82, 2.24) is 5.32 Å².